The molecule has 1 N–H and O–H groups in total. The molecule has 0 spiro atoms. The first-order chi connectivity index (χ1) is 7.45. The fraction of sp³-hybridized carbons (Fsp3) is 0.222. The van der Waals surface area contributed by atoms with E-state index in [1.807, 2.05) is 0 Å². The molecule has 15 heavy (non-hydrogen) atoms. The van der Waals surface area contributed by atoms with Crippen molar-refractivity contribution < 1.29 is 9.15 Å². The highest BCUT2D eigenvalue weighted by molar-refractivity contribution is 5.09. The number of oxazole rings is 1. The molecule has 0 aromatic carbocycles. The average Bonchev–Trinajstić information content (AvgIpc) is 2.79. The summed E-state index contributed by atoms with van der Waals surface area (Å²) in [6, 6.07) is 0. The van der Waals surface area contributed by atoms with Gasteiger partial charge >= 0.3 is 0 Å². The van der Waals surface area contributed by atoms with Gasteiger partial charge in [0, 0.05) is 6.20 Å². The third-order valence-corrected chi connectivity index (χ3v) is 1.61. The third-order valence-electron chi connectivity index (χ3n) is 1.61. The molecule has 0 aliphatic carbocycles. The minimum absolute atomic E-state index is 0.460. The summed E-state index contributed by atoms with van der Waals surface area (Å²) in [6.45, 7) is 0.973. The molecule has 0 fully saturated rings. The van der Waals surface area contributed by atoms with Crippen LogP contribution >= 0.6 is 0 Å². The Bertz CT molecular complexity index is 432. The molecule has 0 unspecified atom stereocenters. The van der Waals surface area contributed by atoms with Crippen molar-refractivity contribution in [3.05, 3.63) is 36.9 Å². The SMILES string of the molecule is c1ncc(OCCN=c2[nH]cco2)cn1. The zero-order chi connectivity index (χ0) is 10.3. The number of aromatic nitrogens is 3. The highest BCUT2D eigenvalue weighted by Crippen LogP contribution is 2.02. The van der Waals surface area contributed by atoms with Crippen LogP contribution in [0.1, 0.15) is 0 Å². The van der Waals surface area contributed by atoms with Crippen LogP contribution in [0.25, 0.3) is 0 Å². The number of nitrogens with zero attached hydrogens (tertiary/aromatic N) is 3. The lowest BCUT2D eigenvalue weighted by Gasteiger charge is -2.00. The Morgan fingerprint density at radius 3 is 3.00 bits per heavy atom. The van der Waals surface area contributed by atoms with E-state index < -0.39 is 0 Å². The van der Waals surface area contributed by atoms with Crippen molar-refractivity contribution >= 4 is 0 Å². The number of nitrogens with one attached hydrogen (secondary N) is 1. The van der Waals surface area contributed by atoms with Crippen molar-refractivity contribution in [2.45, 2.75) is 0 Å². The molecule has 0 aliphatic rings. The van der Waals surface area contributed by atoms with E-state index in [0.717, 1.165) is 0 Å². The van der Waals surface area contributed by atoms with E-state index in [1.54, 1.807) is 18.6 Å². The molecule has 2 aromatic rings. The van der Waals surface area contributed by atoms with Gasteiger partial charge in [-0.15, -0.1) is 0 Å². The highest BCUT2D eigenvalue weighted by atomic mass is 16.5. The van der Waals surface area contributed by atoms with Crippen molar-refractivity contribution in [3.8, 4) is 5.75 Å². The summed E-state index contributed by atoms with van der Waals surface area (Å²) in [6.07, 6.45) is 7.86. The molecular formula is C9H10N4O2. The van der Waals surface area contributed by atoms with Crippen LogP contribution in [0.3, 0.4) is 0 Å². The summed E-state index contributed by atoms with van der Waals surface area (Å²) in [5, 5.41) is 0. The van der Waals surface area contributed by atoms with Gasteiger partial charge in [0.15, 0.2) is 5.75 Å². The van der Waals surface area contributed by atoms with Crippen LogP contribution in [0.5, 0.6) is 5.75 Å². The van der Waals surface area contributed by atoms with Crippen molar-refractivity contribution in [2.75, 3.05) is 13.2 Å². The van der Waals surface area contributed by atoms with E-state index in [2.05, 4.69) is 19.9 Å². The monoisotopic (exact) mass is 206 g/mol. The molecular weight excluding hydrogens is 196 g/mol. The topological polar surface area (TPSA) is 76.3 Å². The van der Waals surface area contributed by atoms with Gasteiger partial charge in [0.05, 0.1) is 18.9 Å². The fourth-order valence-electron chi connectivity index (χ4n) is 0.991. The van der Waals surface area contributed by atoms with Crippen LogP contribution in [-0.4, -0.2) is 28.1 Å². The maximum Gasteiger partial charge on any atom is 0.293 e. The van der Waals surface area contributed by atoms with Gasteiger partial charge in [-0.05, 0) is 0 Å². The number of ether oxygens (including phenoxy) is 1. The standard InChI is InChI=1S/C9H10N4O2/c1(12-9-13-2-4-15-9)3-14-8-5-10-7-11-6-8/h2,4-7H,1,3H2,(H,12,13). The second-order valence-corrected chi connectivity index (χ2v) is 2.67. The summed E-state index contributed by atoms with van der Waals surface area (Å²) < 4.78 is 10.3. The van der Waals surface area contributed by atoms with E-state index in [0.29, 0.717) is 24.6 Å². The smallest absolute Gasteiger partial charge is 0.293 e. The first-order valence-electron chi connectivity index (χ1n) is 4.45. The molecule has 0 bridgehead atoms. The first kappa shape index (κ1) is 9.45. The van der Waals surface area contributed by atoms with Crippen LogP contribution in [0.4, 0.5) is 0 Å². The van der Waals surface area contributed by atoms with E-state index in [4.69, 9.17) is 9.15 Å². The highest BCUT2D eigenvalue weighted by Gasteiger charge is 1.91. The second kappa shape index (κ2) is 4.94. The normalized spacial score (nSPS) is 11.6. The van der Waals surface area contributed by atoms with Crippen LogP contribution in [0.2, 0.25) is 0 Å². The zero-order valence-electron chi connectivity index (χ0n) is 7.96. The second-order valence-electron chi connectivity index (χ2n) is 2.67. The van der Waals surface area contributed by atoms with Crippen molar-refractivity contribution in [2.24, 2.45) is 4.99 Å². The van der Waals surface area contributed by atoms with E-state index in [-0.39, 0.29) is 0 Å². The van der Waals surface area contributed by atoms with Crippen molar-refractivity contribution in [3.63, 3.8) is 0 Å². The predicted octanol–water partition coefficient (Wildman–Crippen LogP) is 0.377. The summed E-state index contributed by atoms with van der Waals surface area (Å²) in [5.41, 5.74) is 0.489. The number of hydrogen-bond donors (Lipinski definition) is 1. The van der Waals surface area contributed by atoms with Gasteiger partial charge < -0.3 is 14.1 Å². The molecule has 0 atom stereocenters. The van der Waals surface area contributed by atoms with Gasteiger partial charge in [0.2, 0.25) is 0 Å². The minimum Gasteiger partial charge on any atom is -0.488 e. The lowest BCUT2D eigenvalue weighted by molar-refractivity contribution is 0.321. The maximum absolute atomic E-state index is 5.33. The summed E-state index contributed by atoms with van der Waals surface area (Å²) >= 11 is 0. The van der Waals surface area contributed by atoms with Crippen LogP contribution in [-0.2, 0) is 0 Å². The Labute approximate surface area is 85.7 Å². The number of rotatable bonds is 4. The number of aromatic amines is 1. The molecule has 6 heteroatoms. The average molecular weight is 206 g/mol. The van der Waals surface area contributed by atoms with Gasteiger partial charge in [0.1, 0.15) is 19.2 Å². The Morgan fingerprint density at radius 2 is 2.27 bits per heavy atom. The van der Waals surface area contributed by atoms with Gasteiger partial charge in [-0.2, -0.15) is 0 Å². The maximum atomic E-state index is 5.33. The first-order valence-corrected chi connectivity index (χ1v) is 4.45. The molecule has 0 aliphatic heterocycles. The minimum atomic E-state index is 0.460. The summed E-state index contributed by atoms with van der Waals surface area (Å²) in [7, 11) is 0. The molecule has 78 valence electrons. The van der Waals surface area contributed by atoms with E-state index in [1.165, 1.54) is 12.6 Å². The summed E-state index contributed by atoms with van der Waals surface area (Å²) in [5.74, 6) is 0.635. The van der Waals surface area contributed by atoms with Gasteiger partial charge in [-0.3, -0.25) is 0 Å². The summed E-state index contributed by atoms with van der Waals surface area (Å²) in [4.78, 5) is 14.6. The molecule has 0 saturated heterocycles. The molecule has 6 nitrogen and oxygen atoms in total. The van der Waals surface area contributed by atoms with Gasteiger partial charge in [-0.25, -0.2) is 15.0 Å². The Kier molecular flexibility index (Phi) is 3.11. The quantitative estimate of drug-likeness (QED) is 0.733. The van der Waals surface area contributed by atoms with E-state index >= 15 is 0 Å². The van der Waals surface area contributed by atoms with E-state index in [9.17, 15) is 0 Å². The van der Waals surface area contributed by atoms with Crippen molar-refractivity contribution in [1.29, 1.82) is 0 Å². The lowest BCUT2D eigenvalue weighted by Crippen LogP contribution is -2.07. The fourth-order valence-corrected chi connectivity index (χ4v) is 0.991. The Morgan fingerprint density at radius 1 is 1.40 bits per heavy atom. The number of hydrogen-bond acceptors (Lipinski definition) is 5. The Balaban J connectivity index is 1.79. The van der Waals surface area contributed by atoms with Crippen LogP contribution < -0.4 is 10.4 Å². The van der Waals surface area contributed by atoms with Crippen molar-refractivity contribution in [1.82, 2.24) is 15.0 Å². The lowest BCUT2D eigenvalue weighted by atomic mass is 10.6. The number of H-pyrrole nitrogens is 1. The molecule has 0 amide bonds. The molecule has 2 aromatic heterocycles. The Hall–Kier alpha value is -2.11. The zero-order valence-corrected chi connectivity index (χ0v) is 7.96. The molecule has 0 radical (unpaired) electrons. The van der Waals surface area contributed by atoms with Crippen LogP contribution in [0, 0.1) is 0 Å². The van der Waals surface area contributed by atoms with Crippen LogP contribution in [0.15, 0.2) is 40.6 Å². The van der Waals surface area contributed by atoms with Gasteiger partial charge in [-0.1, -0.05) is 0 Å². The molecule has 2 rings (SSSR count). The van der Waals surface area contributed by atoms with Gasteiger partial charge in [0.25, 0.3) is 5.68 Å². The largest absolute Gasteiger partial charge is 0.488 e. The predicted molar refractivity (Wildman–Crippen MR) is 51.0 cm³/mol. The molecule has 2 heterocycles. The third kappa shape index (κ3) is 2.94. The molecule has 0 saturated carbocycles.